The topological polar surface area (TPSA) is 84.4 Å². The monoisotopic (exact) mass is 473 g/mol. The van der Waals surface area contributed by atoms with Crippen molar-refractivity contribution in [3.05, 3.63) is 52.1 Å². The summed E-state index contributed by atoms with van der Waals surface area (Å²) in [6.45, 7) is 8.56. The first-order valence-corrected chi connectivity index (χ1v) is 8.70. The van der Waals surface area contributed by atoms with Gasteiger partial charge < -0.3 is 19.6 Å². The highest BCUT2D eigenvalue weighted by molar-refractivity contribution is 14.0. The Balaban J connectivity index is 0.00000338. The number of halogens is 1. The lowest BCUT2D eigenvalue weighted by atomic mass is 10.3. The first-order chi connectivity index (χ1) is 12.1. The van der Waals surface area contributed by atoms with Gasteiger partial charge in [0.2, 0.25) is 11.4 Å². The van der Waals surface area contributed by atoms with Gasteiger partial charge in [-0.15, -0.1) is 24.0 Å². The van der Waals surface area contributed by atoms with Crippen molar-refractivity contribution in [2.75, 3.05) is 13.1 Å². The summed E-state index contributed by atoms with van der Waals surface area (Å²) >= 11 is 0. The van der Waals surface area contributed by atoms with Crippen LogP contribution in [-0.4, -0.2) is 28.6 Å². The molecule has 0 aliphatic carbocycles. The standard InChI is InChI=1S/C18H27N5O2.HI/c1-4-19-18(21-13-16-22-14(2)15(3)25-16)20-10-6-8-12-23-11-7-5-9-17(23)24;/h5,7,9,11H,4,6,8,10,12-13H2,1-3H3,(H2,19,20,21);1H. The predicted molar refractivity (Wildman–Crippen MR) is 114 cm³/mol. The molecule has 2 aromatic heterocycles. The van der Waals surface area contributed by atoms with Gasteiger partial charge in [-0.2, -0.15) is 0 Å². The minimum Gasteiger partial charge on any atom is -0.444 e. The van der Waals surface area contributed by atoms with Crippen molar-refractivity contribution in [2.45, 2.75) is 46.7 Å². The summed E-state index contributed by atoms with van der Waals surface area (Å²) in [5.74, 6) is 2.20. The van der Waals surface area contributed by atoms with E-state index in [9.17, 15) is 4.79 Å². The maximum absolute atomic E-state index is 11.6. The number of aryl methyl sites for hydroxylation is 3. The zero-order valence-corrected chi connectivity index (χ0v) is 17.9. The van der Waals surface area contributed by atoms with Crippen LogP contribution in [0.4, 0.5) is 0 Å². The number of aliphatic imine (C=N–C) groups is 1. The Bertz CT molecular complexity index is 735. The first-order valence-electron chi connectivity index (χ1n) is 8.70. The molecule has 0 aliphatic heterocycles. The van der Waals surface area contributed by atoms with Gasteiger partial charge in [0.05, 0.1) is 5.69 Å². The van der Waals surface area contributed by atoms with Gasteiger partial charge in [-0.25, -0.2) is 9.98 Å². The molecule has 2 N–H and O–H groups in total. The number of oxazole rings is 1. The summed E-state index contributed by atoms with van der Waals surface area (Å²) in [6.07, 6.45) is 3.69. The van der Waals surface area contributed by atoms with Gasteiger partial charge >= 0.3 is 0 Å². The second-order valence-electron chi connectivity index (χ2n) is 5.81. The number of nitrogens with one attached hydrogen (secondary N) is 2. The molecule has 0 amide bonds. The second-order valence-corrected chi connectivity index (χ2v) is 5.81. The highest BCUT2D eigenvalue weighted by Crippen LogP contribution is 2.08. The third-order valence-electron chi connectivity index (χ3n) is 3.81. The third kappa shape index (κ3) is 7.19. The van der Waals surface area contributed by atoms with E-state index in [0.717, 1.165) is 49.9 Å². The van der Waals surface area contributed by atoms with E-state index >= 15 is 0 Å². The van der Waals surface area contributed by atoms with Crippen LogP contribution >= 0.6 is 24.0 Å². The first kappa shape index (κ1) is 22.2. The number of pyridine rings is 1. The molecule has 2 heterocycles. The van der Waals surface area contributed by atoms with Gasteiger partial charge in [0.25, 0.3) is 0 Å². The minimum atomic E-state index is 0. The molecule has 0 spiro atoms. The summed E-state index contributed by atoms with van der Waals surface area (Å²) in [7, 11) is 0. The lowest BCUT2D eigenvalue weighted by molar-refractivity contribution is 0.472. The zero-order chi connectivity index (χ0) is 18.1. The molecule has 0 radical (unpaired) electrons. The van der Waals surface area contributed by atoms with Crippen LogP contribution in [0.1, 0.15) is 37.1 Å². The summed E-state index contributed by atoms with van der Waals surface area (Å²) in [6, 6.07) is 5.22. The van der Waals surface area contributed by atoms with Crippen LogP contribution in [0.15, 0.2) is 38.6 Å². The molecule has 2 aromatic rings. The van der Waals surface area contributed by atoms with E-state index < -0.39 is 0 Å². The summed E-state index contributed by atoms with van der Waals surface area (Å²) in [5, 5.41) is 6.50. The lowest BCUT2D eigenvalue weighted by Crippen LogP contribution is -2.37. The van der Waals surface area contributed by atoms with Gasteiger partial charge in [-0.05, 0) is 39.7 Å². The van der Waals surface area contributed by atoms with Crippen molar-refractivity contribution in [2.24, 2.45) is 4.99 Å². The second kappa shape index (κ2) is 11.7. The summed E-state index contributed by atoms with van der Waals surface area (Å²) < 4.78 is 7.27. The Hall–Kier alpha value is -1.84. The van der Waals surface area contributed by atoms with Crippen molar-refractivity contribution in [3.63, 3.8) is 0 Å². The van der Waals surface area contributed by atoms with Gasteiger partial charge in [-0.3, -0.25) is 4.79 Å². The number of hydrogen-bond donors (Lipinski definition) is 2. The van der Waals surface area contributed by atoms with Crippen LogP contribution in [0.3, 0.4) is 0 Å². The van der Waals surface area contributed by atoms with Crippen molar-refractivity contribution in [3.8, 4) is 0 Å². The quantitative estimate of drug-likeness (QED) is 0.267. The van der Waals surface area contributed by atoms with E-state index in [1.807, 2.05) is 33.0 Å². The Labute approximate surface area is 171 Å². The number of rotatable bonds is 8. The molecule has 26 heavy (non-hydrogen) atoms. The molecule has 0 aliphatic rings. The maximum atomic E-state index is 11.6. The summed E-state index contributed by atoms with van der Waals surface area (Å²) in [4.78, 5) is 20.4. The molecule has 0 aromatic carbocycles. The SMILES string of the molecule is CCNC(=NCc1nc(C)c(C)o1)NCCCCn1ccccc1=O.I. The van der Waals surface area contributed by atoms with Gasteiger partial charge in [0, 0.05) is 31.9 Å². The fourth-order valence-electron chi connectivity index (χ4n) is 2.35. The molecule has 0 saturated carbocycles. The average molecular weight is 473 g/mol. The normalized spacial score (nSPS) is 11.1. The van der Waals surface area contributed by atoms with Crippen LogP contribution in [0.25, 0.3) is 0 Å². The Kier molecular flexibility index (Phi) is 10.0. The molecule has 0 fully saturated rings. The predicted octanol–water partition coefficient (Wildman–Crippen LogP) is 2.61. The van der Waals surface area contributed by atoms with Crippen LogP contribution in [0.5, 0.6) is 0 Å². The Morgan fingerprint density at radius 2 is 2.08 bits per heavy atom. The fraction of sp³-hybridized carbons (Fsp3) is 0.500. The molecule has 0 atom stereocenters. The van der Waals surface area contributed by atoms with Crippen molar-refractivity contribution < 1.29 is 4.42 Å². The molecule has 0 unspecified atom stereocenters. The lowest BCUT2D eigenvalue weighted by Gasteiger charge is -2.11. The van der Waals surface area contributed by atoms with E-state index in [0.29, 0.717) is 12.4 Å². The van der Waals surface area contributed by atoms with E-state index in [1.54, 1.807) is 16.7 Å². The van der Waals surface area contributed by atoms with Crippen LogP contribution in [-0.2, 0) is 13.1 Å². The summed E-state index contributed by atoms with van der Waals surface area (Å²) in [5.41, 5.74) is 0.946. The van der Waals surface area contributed by atoms with E-state index in [1.165, 1.54) is 0 Å². The molecule has 0 saturated heterocycles. The molecular formula is C18H28IN5O2. The van der Waals surface area contributed by atoms with Crippen molar-refractivity contribution in [1.29, 1.82) is 0 Å². The molecule has 2 rings (SSSR count). The van der Waals surface area contributed by atoms with E-state index in [2.05, 4.69) is 20.6 Å². The highest BCUT2D eigenvalue weighted by Gasteiger charge is 2.05. The maximum Gasteiger partial charge on any atom is 0.250 e. The number of hydrogen-bond acceptors (Lipinski definition) is 4. The van der Waals surface area contributed by atoms with Crippen LogP contribution in [0.2, 0.25) is 0 Å². The number of unbranched alkanes of at least 4 members (excludes halogenated alkanes) is 1. The van der Waals surface area contributed by atoms with E-state index in [4.69, 9.17) is 4.42 Å². The van der Waals surface area contributed by atoms with Gasteiger partial charge in [0.15, 0.2) is 5.96 Å². The number of nitrogens with zero attached hydrogens (tertiary/aromatic N) is 3. The molecular weight excluding hydrogens is 445 g/mol. The van der Waals surface area contributed by atoms with Crippen molar-refractivity contribution >= 4 is 29.9 Å². The van der Waals surface area contributed by atoms with E-state index in [-0.39, 0.29) is 29.5 Å². The molecule has 7 nitrogen and oxygen atoms in total. The van der Waals surface area contributed by atoms with Gasteiger partial charge in [-0.1, -0.05) is 6.07 Å². The largest absolute Gasteiger partial charge is 0.444 e. The minimum absolute atomic E-state index is 0. The van der Waals surface area contributed by atoms with Gasteiger partial charge in [0.1, 0.15) is 12.3 Å². The van der Waals surface area contributed by atoms with Crippen LogP contribution in [0, 0.1) is 13.8 Å². The van der Waals surface area contributed by atoms with Crippen molar-refractivity contribution in [1.82, 2.24) is 20.2 Å². The molecule has 8 heteroatoms. The molecule has 144 valence electrons. The molecule has 0 bridgehead atoms. The zero-order valence-electron chi connectivity index (χ0n) is 15.6. The van der Waals surface area contributed by atoms with Crippen LogP contribution < -0.4 is 16.2 Å². The number of aromatic nitrogens is 2. The smallest absolute Gasteiger partial charge is 0.250 e. The average Bonchev–Trinajstić information content (AvgIpc) is 2.92. The Morgan fingerprint density at radius 3 is 2.73 bits per heavy atom. The number of guanidine groups is 1. The Morgan fingerprint density at radius 1 is 1.27 bits per heavy atom. The highest BCUT2D eigenvalue weighted by atomic mass is 127. The third-order valence-corrected chi connectivity index (χ3v) is 3.81. The fourth-order valence-corrected chi connectivity index (χ4v) is 2.35.